The zero-order valence-electron chi connectivity index (χ0n) is 14.9. The fourth-order valence-electron chi connectivity index (χ4n) is 2.45. The SMILES string of the molecule is Cc1ccc(C)c(CNC(=O)CSc2ncccc2-c2noc(C)n2)c1. The summed E-state index contributed by atoms with van der Waals surface area (Å²) in [7, 11) is 0. The molecule has 134 valence electrons. The van der Waals surface area contributed by atoms with Crippen LogP contribution in [0, 0.1) is 20.8 Å². The number of rotatable bonds is 6. The van der Waals surface area contributed by atoms with Crippen molar-refractivity contribution in [3.05, 3.63) is 59.1 Å². The molecule has 1 N–H and O–H groups in total. The van der Waals surface area contributed by atoms with Crippen LogP contribution in [-0.2, 0) is 11.3 Å². The van der Waals surface area contributed by atoms with E-state index in [1.165, 1.54) is 22.9 Å². The van der Waals surface area contributed by atoms with Crippen molar-refractivity contribution in [1.29, 1.82) is 0 Å². The second-order valence-corrected chi connectivity index (χ2v) is 6.95. The van der Waals surface area contributed by atoms with Crippen molar-refractivity contribution in [3.63, 3.8) is 0 Å². The highest BCUT2D eigenvalue weighted by Crippen LogP contribution is 2.27. The van der Waals surface area contributed by atoms with Gasteiger partial charge in [-0.1, -0.05) is 40.7 Å². The van der Waals surface area contributed by atoms with E-state index in [0.717, 1.165) is 11.1 Å². The van der Waals surface area contributed by atoms with Gasteiger partial charge in [-0.05, 0) is 37.1 Å². The van der Waals surface area contributed by atoms with Crippen LogP contribution in [0.2, 0.25) is 0 Å². The molecule has 7 heteroatoms. The number of aromatic nitrogens is 3. The molecule has 0 aliphatic carbocycles. The van der Waals surface area contributed by atoms with Gasteiger partial charge in [0, 0.05) is 19.7 Å². The number of carbonyl (C=O) groups excluding carboxylic acids is 1. The first-order valence-electron chi connectivity index (χ1n) is 8.24. The Morgan fingerprint density at radius 3 is 2.85 bits per heavy atom. The largest absolute Gasteiger partial charge is 0.351 e. The highest BCUT2D eigenvalue weighted by Gasteiger charge is 2.14. The molecule has 0 aliphatic heterocycles. The summed E-state index contributed by atoms with van der Waals surface area (Å²) in [5.41, 5.74) is 4.24. The van der Waals surface area contributed by atoms with Crippen LogP contribution < -0.4 is 5.32 Å². The second kappa shape index (κ2) is 8.14. The smallest absolute Gasteiger partial charge is 0.230 e. The molecule has 3 rings (SSSR count). The summed E-state index contributed by atoms with van der Waals surface area (Å²) in [6, 6.07) is 9.91. The number of amides is 1. The lowest BCUT2D eigenvalue weighted by Crippen LogP contribution is -2.25. The van der Waals surface area contributed by atoms with Gasteiger partial charge in [-0.25, -0.2) is 4.98 Å². The molecule has 0 radical (unpaired) electrons. The number of thioether (sulfide) groups is 1. The predicted molar refractivity (Wildman–Crippen MR) is 101 cm³/mol. The van der Waals surface area contributed by atoms with Crippen LogP contribution in [0.15, 0.2) is 46.1 Å². The summed E-state index contributed by atoms with van der Waals surface area (Å²) in [6.07, 6.45) is 1.69. The number of hydrogen-bond donors (Lipinski definition) is 1. The van der Waals surface area contributed by atoms with Gasteiger partial charge in [-0.3, -0.25) is 4.79 Å². The lowest BCUT2D eigenvalue weighted by atomic mass is 10.1. The maximum Gasteiger partial charge on any atom is 0.230 e. The van der Waals surface area contributed by atoms with E-state index in [1.807, 2.05) is 26.0 Å². The Bertz CT molecular complexity index is 923. The quantitative estimate of drug-likeness (QED) is 0.671. The molecule has 0 saturated heterocycles. The van der Waals surface area contributed by atoms with Crippen LogP contribution in [0.25, 0.3) is 11.4 Å². The maximum atomic E-state index is 12.2. The average Bonchev–Trinajstić information content (AvgIpc) is 3.07. The van der Waals surface area contributed by atoms with E-state index in [2.05, 4.69) is 38.6 Å². The lowest BCUT2D eigenvalue weighted by Gasteiger charge is -2.09. The summed E-state index contributed by atoms with van der Waals surface area (Å²) in [6.45, 7) is 6.35. The second-order valence-electron chi connectivity index (χ2n) is 5.99. The molecule has 0 atom stereocenters. The van der Waals surface area contributed by atoms with Crippen molar-refractivity contribution in [2.24, 2.45) is 0 Å². The molecule has 0 bridgehead atoms. The molecule has 2 aromatic heterocycles. The van der Waals surface area contributed by atoms with Gasteiger partial charge >= 0.3 is 0 Å². The van der Waals surface area contributed by atoms with Gasteiger partial charge in [0.05, 0.1) is 11.3 Å². The zero-order valence-corrected chi connectivity index (χ0v) is 15.8. The topological polar surface area (TPSA) is 80.9 Å². The van der Waals surface area contributed by atoms with Crippen LogP contribution in [0.1, 0.15) is 22.6 Å². The van der Waals surface area contributed by atoms with Crippen LogP contribution in [-0.4, -0.2) is 26.8 Å². The molecule has 6 nitrogen and oxygen atoms in total. The average molecular weight is 368 g/mol. The van der Waals surface area contributed by atoms with Crippen molar-refractivity contribution in [3.8, 4) is 11.4 Å². The van der Waals surface area contributed by atoms with Gasteiger partial charge in [0.15, 0.2) is 0 Å². The summed E-state index contributed by atoms with van der Waals surface area (Å²) >= 11 is 1.36. The molecule has 0 saturated carbocycles. The Kier molecular flexibility index (Phi) is 5.68. The van der Waals surface area contributed by atoms with Crippen molar-refractivity contribution in [2.45, 2.75) is 32.3 Å². The van der Waals surface area contributed by atoms with E-state index in [-0.39, 0.29) is 11.7 Å². The van der Waals surface area contributed by atoms with Crippen molar-refractivity contribution in [1.82, 2.24) is 20.4 Å². The van der Waals surface area contributed by atoms with E-state index in [9.17, 15) is 4.79 Å². The van der Waals surface area contributed by atoms with Gasteiger partial charge in [-0.2, -0.15) is 4.98 Å². The fourth-order valence-corrected chi connectivity index (χ4v) is 3.27. The molecular formula is C19H20N4O2S. The van der Waals surface area contributed by atoms with E-state index in [1.54, 1.807) is 13.1 Å². The molecule has 3 aromatic rings. The van der Waals surface area contributed by atoms with E-state index >= 15 is 0 Å². The van der Waals surface area contributed by atoms with E-state index in [0.29, 0.717) is 23.3 Å². The first-order valence-corrected chi connectivity index (χ1v) is 9.23. The molecule has 0 spiro atoms. The van der Waals surface area contributed by atoms with Crippen molar-refractivity contribution >= 4 is 17.7 Å². The molecule has 0 fully saturated rings. The van der Waals surface area contributed by atoms with Gasteiger partial charge in [0.25, 0.3) is 0 Å². The molecule has 1 aromatic carbocycles. The first-order chi connectivity index (χ1) is 12.5. The van der Waals surface area contributed by atoms with Gasteiger partial charge in [0.1, 0.15) is 5.03 Å². The first kappa shape index (κ1) is 18.1. The molecule has 2 heterocycles. The van der Waals surface area contributed by atoms with Crippen LogP contribution in [0.4, 0.5) is 0 Å². The summed E-state index contributed by atoms with van der Waals surface area (Å²) in [5.74, 6) is 1.20. The highest BCUT2D eigenvalue weighted by molar-refractivity contribution is 8.00. The van der Waals surface area contributed by atoms with Crippen molar-refractivity contribution in [2.75, 3.05) is 5.75 Å². The van der Waals surface area contributed by atoms with Crippen LogP contribution in [0.5, 0.6) is 0 Å². The number of nitrogens with one attached hydrogen (secondary N) is 1. The number of carbonyl (C=O) groups is 1. The minimum atomic E-state index is -0.0446. The van der Waals surface area contributed by atoms with Gasteiger partial charge in [0.2, 0.25) is 17.6 Å². The summed E-state index contributed by atoms with van der Waals surface area (Å²) in [4.78, 5) is 20.8. The molecule has 0 unspecified atom stereocenters. The highest BCUT2D eigenvalue weighted by atomic mass is 32.2. The third-order valence-corrected chi connectivity index (χ3v) is 4.87. The zero-order chi connectivity index (χ0) is 18.5. The molecule has 26 heavy (non-hydrogen) atoms. The van der Waals surface area contributed by atoms with Crippen LogP contribution >= 0.6 is 11.8 Å². The van der Waals surface area contributed by atoms with Crippen molar-refractivity contribution < 1.29 is 9.32 Å². The third kappa shape index (κ3) is 4.49. The Balaban J connectivity index is 1.61. The Hall–Kier alpha value is -2.67. The predicted octanol–water partition coefficient (Wildman–Crippen LogP) is 3.47. The van der Waals surface area contributed by atoms with Gasteiger partial charge < -0.3 is 9.84 Å². The molecule has 0 aliphatic rings. The standard InChI is InChI=1S/C19H20N4O2S/c1-12-6-7-13(2)15(9-12)10-21-17(24)11-26-19-16(5-4-8-20-19)18-22-14(3)25-23-18/h4-9H,10-11H2,1-3H3,(H,21,24). The number of pyridine rings is 1. The Morgan fingerprint density at radius 2 is 2.08 bits per heavy atom. The Labute approximate surface area is 156 Å². The number of aryl methyl sites for hydroxylation is 3. The van der Waals surface area contributed by atoms with E-state index < -0.39 is 0 Å². The Morgan fingerprint density at radius 1 is 1.23 bits per heavy atom. The molecule has 1 amide bonds. The fraction of sp³-hybridized carbons (Fsp3) is 0.263. The van der Waals surface area contributed by atoms with E-state index in [4.69, 9.17) is 4.52 Å². The number of benzene rings is 1. The monoisotopic (exact) mass is 368 g/mol. The third-order valence-electron chi connectivity index (χ3n) is 3.86. The van der Waals surface area contributed by atoms with Gasteiger partial charge in [-0.15, -0.1) is 0 Å². The van der Waals surface area contributed by atoms with Crippen LogP contribution in [0.3, 0.4) is 0 Å². The minimum Gasteiger partial charge on any atom is -0.351 e. The summed E-state index contributed by atoms with van der Waals surface area (Å²) in [5, 5.41) is 7.59. The summed E-state index contributed by atoms with van der Waals surface area (Å²) < 4.78 is 5.03. The minimum absolute atomic E-state index is 0.0446. The number of hydrogen-bond acceptors (Lipinski definition) is 6. The normalized spacial score (nSPS) is 10.7. The maximum absolute atomic E-state index is 12.2. The number of nitrogens with zero attached hydrogens (tertiary/aromatic N) is 3. The lowest BCUT2D eigenvalue weighted by molar-refractivity contribution is -0.118. The molecular weight excluding hydrogens is 348 g/mol.